The summed E-state index contributed by atoms with van der Waals surface area (Å²) in [6.45, 7) is -0.910. The van der Waals surface area contributed by atoms with E-state index in [0.29, 0.717) is 0 Å². The van der Waals surface area contributed by atoms with E-state index in [1.807, 2.05) is 0 Å². The molecule has 0 bridgehead atoms. The van der Waals surface area contributed by atoms with Gasteiger partial charge in [0.25, 0.3) is 6.54 Å². The number of aliphatic carboxylic acids is 1. The molecule has 0 radical (unpaired) electrons. The molecule has 6 heteroatoms. The zero-order valence-corrected chi connectivity index (χ0v) is 4.94. The van der Waals surface area contributed by atoms with Gasteiger partial charge in [0, 0.05) is 4.92 Å². The summed E-state index contributed by atoms with van der Waals surface area (Å²) in [4.78, 5) is 28.7. The average molecular weight is 147 g/mol. The summed E-state index contributed by atoms with van der Waals surface area (Å²) >= 11 is 0. The molecule has 0 amide bonds. The SMILES string of the molecule is O=C(O)CC(=O)C[N+](=O)[O-]. The maximum absolute atomic E-state index is 10.2. The van der Waals surface area contributed by atoms with Crippen LogP contribution in [0.25, 0.3) is 0 Å². The molecule has 0 saturated carbocycles. The monoisotopic (exact) mass is 147 g/mol. The third-order valence-electron chi connectivity index (χ3n) is 0.654. The summed E-state index contributed by atoms with van der Waals surface area (Å²) < 4.78 is 0. The summed E-state index contributed by atoms with van der Waals surface area (Å²) in [5.74, 6) is -2.23. The zero-order valence-electron chi connectivity index (χ0n) is 4.94. The lowest BCUT2D eigenvalue weighted by atomic mass is 10.3. The van der Waals surface area contributed by atoms with Crippen LogP contribution < -0.4 is 0 Å². The van der Waals surface area contributed by atoms with Crippen molar-refractivity contribution in [2.24, 2.45) is 0 Å². The van der Waals surface area contributed by atoms with Gasteiger partial charge in [-0.05, 0) is 0 Å². The predicted octanol–water partition coefficient (Wildman–Crippen LogP) is -0.693. The molecule has 0 saturated heterocycles. The van der Waals surface area contributed by atoms with E-state index >= 15 is 0 Å². The highest BCUT2D eigenvalue weighted by molar-refractivity contribution is 5.95. The van der Waals surface area contributed by atoms with Crippen LogP contribution in [0.4, 0.5) is 0 Å². The lowest BCUT2D eigenvalue weighted by molar-refractivity contribution is -0.467. The first-order chi connectivity index (χ1) is 4.52. The van der Waals surface area contributed by atoms with Crippen molar-refractivity contribution in [3.63, 3.8) is 0 Å². The molecule has 10 heavy (non-hydrogen) atoms. The molecule has 0 heterocycles. The largest absolute Gasteiger partial charge is 0.481 e. The Bertz CT molecular complexity index is 156. The number of carbonyl (C=O) groups excluding carboxylic acids is 1. The van der Waals surface area contributed by atoms with Gasteiger partial charge in [0.05, 0.1) is 0 Å². The van der Waals surface area contributed by atoms with Crippen molar-refractivity contribution >= 4 is 11.8 Å². The Morgan fingerprint density at radius 2 is 2.00 bits per heavy atom. The summed E-state index contributed by atoms with van der Waals surface area (Å²) in [6, 6.07) is 0. The Balaban J connectivity index is 3.65. The zero-order chi connectivity index (χ0) is 8.15. The second-order valence-electron chi connectivity index (χ2n) is 1.60. The molecule has 0 aromatic rings. The minimum Gasteiger partial charge on any atom is -0.481 e. The van der Waals surface area contributed by atoms with Crippen LogP contribution in [0.3, 0.4) is 0 Å². The highest BCUT2D eigenvalue weighted by Gasteiger charge is 2.12. The molecule has 0 spiro atoms. The first-order valence-electron chi connectivity index (χ1n) is 2.37. The van der Waals surface area contributed by atoms with Crippen LogP contribution >= 0.6 is 0 Å². The van der Waals surface area contributed by atoms with Gasteiger partial charge in [0.2, 0.25) is 5.78 Å². The Morgan fingerprint density at radius 3 is 2.30 bits per heavy atom. The Hall–Kier alpha value is -1.46. The van der Waals surface area contributed by atoms with Crippen molar-refractivity contribution in [1.29, 1.82) is 0 Å². The molecule has 0 fully saturated rings. The van der Waals surface area contributed by atoms with E-state index in [9.17, 15) is 19.7 Å². The van der Waals surface area contributed by atoms with Crippen molar-refractivity contribution in [1.82, 2.24) is 0 Å². The topological polar surface area (TPSA) is 97.5 Å². The number of hydrogen-bond donors (Lipinski definition) is 1. The van der Waals surface area contributed by atoms with Crippen molar-refractivity contribution < 1.29 is 19.6 Å². The number of nitro groups is 1. The van der Waals surface area contributed by atoms with Crippen molar-refractivity contribution in [2.75, 3.05) is 6.54 Å². The van der Waals surface area contributed by atoms with Crippen LogP contribution in [0.15, 0.2) is 0 Å². The van der Waals surface area contributed by atoms with Crippen LogP contribution in [0, 0.1) is 10.1 Å². The van der Waals surface area contributed by atoms with Gasteiger partial charge in [-0.1, -0.05) is 0 Å². The van der Waals surface area contributed by atoms with Crippen LogP contribution in [-0.2, 0) is 9.59 Å². The summed E-state index contributed by atoms with van der Waals surface area (Å²) in [7, 11) is 0. The average Bonchev–Trinajstić information content (AvgIpc) is 1.58. The summed E-state index contributed by atoms with van der Waals surface area (Å²) in [5, 5.41) is 17.5. The maximum Gasteiger partial charge on any atom is 0.311 e. The van der Waals surface area contributed by atoms with Crippen molar-refractivity contribution in [3.8, 4) is 0 Å². The molecule has 0 aromatic heterocycles. The molecule has 1 N–H and O–H groups in total. The highest BCUT2D eigenvalue weighted by Crippen LogP contribution is 1.83. The van der Waals surface area contributed by atoms with Crippen molar-refractivity contribution in [3.05, 3.63) is 10.1 Å². The van der Waals surface area contributed by atoms with Gasteiger partial charge in [-0.25, -0.2) is 0 Å². The number of carboxylic acids is 1. The molecule has 0 aliphatic rings. The molecule has 0 aromatic carbocycles. The van der Waals surface area contributed by atoms with Gasteiger partial charge >= 0.3 is 5.97 Å². The molecule has 6 nitrogen and oxygen atoms in total. The number of ketones is 1. The van der Waals surface area contributed by atoms with E-state index in [4.69, 9.17) is 5.11 Å². The molecule has 0 aliphatic heterocycles. The van der Waals surface area contributed by atoms with Gasteiger partial charge in [-0.2, -0.15) is 0 Å². The minimum absolute atomic E-state index is 0.777. The highest BCUT2D eigenvalue weighted by atomic mass is 16.6. The Labute approximate surface area is 55.6 Å². The lowest BCUT2D eigenvalue weighted by Crippen LogP contribution is -2.16. The lowest BCUT2D eigenvalue weighted by Gasteiger charge is -1.88. The van der Waals surface area contributed by atoms with Crippen LogP contribution in [0.1, 0.15) is 6.42 Å². The van der Waals surface area contributed by atoms with Crippen LogP contribution in [-0.4, -0.2) is 28.3 Å². The maximum atomic E-state index is 10.2. The minimum atomic E-state index is -1.34. The Kier molecular flexibility index (Phi) is 3.03. The third kappa shape index (κ3) is 4.69. The fraction of sp³-hybridized carbons (Fsp3) is 0.500. The van der Waals surface area contributed by atoms with E-state index in [1.165, 1.54) is 0 Å². The number of Topliss-reactive ketones (excluding diaryl/α,β-unsaturated/α-hetero) is 1. The normalized spacial score (nSPS) is 8.80. The number of hydrogen-bond acceptors (Lipinski definition) is 4. The number of rotatable bonds is 4. The predicted molar refractivity (Wildman–Crippen MR) is 29.1 cm³/mol. The molecule has 0 atom stereocenters. The molecular weight excluding hydrogens is 142 g/mol. The van der Waals surface area contributed by atoms with E-state index in [2.05, 4.69) is 0 Å². The second-order valence-corrected chi connectivity index (χ2v) is 1.60. The molecule has 0 rings (SSSR count). The van der Waals surface area contributed by atoms with Crippen molar-refractivity contribution in [2.45, 2.75) is 6.42 Å². The molecule has 0 unspecified atom stereocenters. The van der Waals surface area contributed by atoms with Crippen LogP contribution in [0.5, 0.6) is 0 Å². The first-order valence-corrected chi connectivity index (χ1v) is 2.37. The first kappa shape index (κ1) is 8.54. The van der Waals surface area contributed by atoms with Gasteiger partial charge in [0.15, 0.2) is 0 Å². The summed E-state index contributed by atoms with van der Waals surface area (Å²) in [5.41, 5.74) is 0. The van der Waals surface area contributed by atoms with E-state index in [-0.39, 0.29) is 0 Å². The number of carboxylic acid groups (broad SMARTS) is 1. The fourth-order valence-electron chi connectivity index (χ4n) is 0.369. The fourth-order valence-corrected chi connectivity index (χ4v) is 0.369. The standard InChI is InChI=1S/C4H5NO5/c6-3(1-4(7)8)2-5(9)10/h1-2H2,(H,7,8). The number of nitrogens with zero attached hydrogens (tertiary/aromatic N) is 1. The third-order valence-corrected chi connectivity index (χ3v) is 0.654. The second kappa shape index (κ2) is 3.54. The van der Waals surface area contributed by atoms with E-state index in [1.54, 1.807) is 0 Å². The molecule has 56 valence electrons. The van der Waals surface area contributed by atoms with E-state index in [0.717, 1.165) is 0 Å². The van der Waals surface area contributed by atoms with Gasteiger partial charge < -0.3 is 5.11 Å². The van der Waals surface area contributed by atoms with Gasteiger partial charge in [-0.15, -0.1) is 0 Å². The smallest absolute Gasteiger partial charge is 0.311 e. The van der Waals surface area contributed by atoms with Gasteiger partial charge in [-0.3, -0.25) is 19.7 Å². The molecular formula is C4H5NO5. The quantitative estimate of drug-likeness (QED) is 0.322. The number of carbonyl (C=O) groups is 2. The molecule has 0 aliphatic carbocycles. The summed E-state index contributed by atoms with van der Waals surface area (Å²) in [6.07, 6.45) is -0.777. The van der Waals surface area contributed by atoms with Crippen LogP contribution in [0.2, 0.25) is 0 Å². The Morgan fingerprint density at radius 1 is 1.50 bits per heavy atom. The van der Waals surface area contributed by atoms with E-state index < -0.39 is 29.6 Å². The van der Waals surface area contributed by atoms with Gasteiger partial charge in [0.1, 0.15) is 6.42 Å².